The molecule has 1 aliphatic rings. The largest absolute Gasteiger partial charge is 0.493 e. The summed E-state index contributed by atoms with van der Waals surface area (Å²) in [6, 6.07) is 14.8. The van der Waals surface area contributed by atoms with E-state index >= 15 is 0 Å². The monoisotopic (exact) mass is 491 g/mol. The molecule has 2 heterocycles. The number of rotatable bonds is 9. The number of halogens is 2. The number of ether oxygens (including phenoxy) is 3. The summed E-state index contributed by atoms with van der Waals surface area (Å²) < 4.78 is 44.8. The van der Waals surface area contributed by atoms with Gasteiger partial charge in [0.05, 0.1) is 32.7 Å². The summed E-state index contributed by atoms with van der Waals surface area (Å²) >= 11 is 5.82. The van der Waals surface area contributed by atoms with Crippen LogP contribution in [0.15, 0.2) is 48.5 Å². The van der Waals surface area contributed by atoms with Crippen LogP contribution in [-0.4, -0.2) is 66.3 Å². The Morgan fingerprint density at radius 2 is 1.85 bits per heavy atom. The van der Waals surface area contributed by atoms with E-state index in [1.165, 1.54) is 13.2 Å². The molecule has 4 rings (SSSR count). The van der Waals surface area contributed by atoms with Crippen molar-refractivity contribution in [2.24, 2.45) is 0 Å². The van der Waals surface area contributed by atoms with Crippen LogP contribution in [0.25, 0.3) is 5.69 Å². The summed E-state index contributed by atoms with van der Waals surface area (Å²) in [6.45, 7) is 0.807. The summed E-state index contributed by atoms with van der Waals surface area (Å²) in [5, 5.41) is 4.85. The molecule has 11 heteroatoms. The second-order valence-electron chi connectivity index (χ2n) is 7.87. The lowest BCUT2D eigenvalue weighted by atomic mass is 10.2. The van der Waals surface area contributed by atoms with Crippen LogP contribution in [0.3, 0.4) is 0 Å². The third-order valence-electron chi connectivity index (χ3n) is 5.40. The maximum Gasteiger partial charge on any atom is 0.387 e. The van der Waals surface area contributed by atoms with Crippen molar-refractivity contribution in [1.82, 2.24) is 19.2 Å². The Labute approximate surface area is 201 Å². The average Bonchev–Trinajstić information content (AvgIpc) is 3.16. The van der Waals surface area contributed by atoms with Gasteiger partial charge in [-0.2, -0.15) is 8.78 Å². The number of hydrogen-bond donors (Lipinski definition) is 0. The van der Waals surface area contributed by atoms with E-state index in [9.17, 15) is 8.78 Å². The number of morpholine rings is 1. The first-order chi connectivity index (χ1) is 16.5. The van der Waals surface area contributed by atoms with Crippen molar-refractivity contribution < 1.29 is 23.0 Å². The number of para-hydroxylation sites is 1. The van der Waals surface area contributed by atoms with Gasteiger partial charge in [0.15, 0.2) is 11.5 Å². The van der Waals surface area contributed by atoms with E-state index in [1.54, 1.807) is 16.8 Å². The molecule has 0 atom stereocenters. The molecular formula is C23H27F2N5O3S. The molecule has 0 N–H and O–H groups in total. The minimum atomic E-state index is -2.91. The van der Waals surface area contributed by atoms with Crippen LogP contribution in [0, 0.1) is 4.77 Å². The number of hydrogen-bond acceptors (Lipinski definition) is 7. The number of methoxy groups -OCH3 is 1. The van der Waals surface area contributed by atoms with Crippen molar-refractivity contribution >= 4 is 18.2 Å². The minimum Gasteiger partial charge on any atom is -0.493 e. The lowest BCUT2D eigenvalue weighted by Crippen LogP contribution is -2.38. The van der Waals surface area contributed by atoms with E-state index in [4.69, 9.17) is 26.8 Å². The van der Waals surface area contributed by atoms with Gasteiger partial charge in [-0.3, -0.25) is 9.47 Å². The predicted molar refractivity (Wildman–Crippen MR) is 127 cm³/mol. The van der Waals surface area contributed by atoms with Gasteiger partial charge in [-0.25, -0.2) is 4.68 Å². The fourth-order valence-corrected chi connectivity index (χ4v) is 4.14. The van der Waals surface area contributed by atoms with Crippen molar-refractivity contribution in [1.29, 1.82) is 0 Å². The van der Waals surface area contributed by atoms with Gasteiger partial charge < -0.3 is 19.1 Å². The second-order valence-corrected chi connectivity index (χ2v) is 8.24. The third kappa shape index (κ3) is 5.54. The van der Waals surface area contributed by atoms with Gasteiger partial charge in [0, 0.05) is 19.6 Å². The Hall–Kier alpha value is -3.02. The zero-order valence-electron chi connectivity index (χ0n) is 19.1. The molecule has 0 bridgehead atoms. The van der Waals surface area contributed by atoms with Crippen LogP contribution in [0.2, 0.25) is 0 Å². The summed E-state index contributed by atoms with van der Waals surface area (Å²) in [4.78, 5) is 4.21. The van der Waals surface area contributed by atoms with E-state index in [0.29, 0.717) is 31.2 Å². The van der Waals surface area contributed by atoms with Gasteiger partial charge in [0.2, 0.25) is 10.7 Å². The molecule has 2 aromatic carbocycles. The molecule has 0 unspecified atom stereocenters. The van der Waals surface area contributed by atoms with E-state index in [1.807, 2.05) is 46.8 Å². The first-order valence-corrected chi connectivity index (χ1v) is 11.3. The normalized spacial score (nSPS) is 14.1. The molecule has 0 spiro atoms. The zero-order chi connectivity index (χ0) is 24.1. The van der Waals surface area contributed by atoms with Gasteiger partial charge in [-0.15, -0.1) is 5.10 Å². The molecule has 1 saturated heterocycles. The number of anilines is 1. The smallest absolute Gasteiger partial charge is 0.387 e. The van der Waals surface area contributed by atoms with Crippen molar-refractivity contribution in [2.45, 2.75) is 19.8 Å². The lowest BCUT2D eigenvalue weighted by molar-refractivity contribution is -0.0512. The van der Waals surface area contributed by atoms with Crippen LogP contribution < -0.4 is 14.4 Å². The quantitative estimate of drug-likeness (QED) is 0.420. The maximum atomic E-state index is 12.6. The van der Waals surface area contributed by atoms with Crippen LogP contribution in [-0.2, 0) is 18.0 Å². The van der Waals surface area contributed by atoms with Crippen LogP contribution in [0.5, 0.6) is 11.5 Å². The summed E-state index contributed by atoms with van der Waals surface area (Å²) in [6.07, 6.45) is 0. The van der Waals surface area contributed by atoms with Gasteiger partial charge in [0.25, 0.3) is 0 Å². The molecule has 0 aliphatic carbocycles. The highest BCUT2D eigenvalue weighted by Gasteiger charge is 2.21. The van der Waals surface area contributed by atoms with Crippen molar-refractivity contribution in [3.05, 3.63) is 58.9 Å². The van der Waals surface area contributed by atoms with E-state index in [-0.39, 0.29) is 11.5 Å². The van der Waals surface area contributed by atoms with Crippen LogP contribution in [0.4, 0.5) is 14.7 Å². The standard InChI is InChI=1S/C23H27F2N5O3S/c1-27(15-17-8-9-19(33-21(24)25)20(14-17)31-2)16-29-23(34)30(18-6-4-3-5-7-18)22(26-29)28-10-12-32-13-11-28/h3-9,14,21H,10-13,15-16H2,1-2H3. The van der Waals surface area contributed by atoms with E-state index < -0.39 is 6.61 Å². The molecular weight excluding hydrogens is 464 g/mol. The Balaban J connectivity index is 1.56. The molecule has 8 nitrogen and oxygen atoms in total. The van der Waals surface area contributed by atoms with Gasteiger partial charge in [-0.1, -0.05) is 24.3 Å². The summed E-state index contributed by atoms with van der Waals surface area (Å²) in [7, 11) is 3.36. The molecule has 0 amide bonds. The van der Waals surface area contributed by atoms with Crippen molar-refractivity contribution in [3.8, 4) is 17.2 Å². The molecule has 1 aliphatic heterocycles. The zero-order valence-corrected chi connectivity index (χ0v) is 19.9. The first kappa shape index (κ1) is 24.1. The van der Waals surface area contributed by atoms with Gasteiger partial charge in [0.1, 0.15) is 0 Å². The van der Waals surface area contributed by atoms with E-state index in [2.05, 4.69) is 9.64 Å². The fourth-order valence-electron chi connectivity index (χ4n) is 3.85. The number of benzene rings is 2. The van der Waals surface area contributed by atoms with Crippen molar-refractivity contribution in [3.63, 3.8) is 0 Å². The topological polar surface area (TPSA) is 56.9 Å². The van der Waals surface area contributed by atoms with Crippen LogP contribution >= 0.6 is 12.2 Å². The SMILES string of the molecule is COc1cc(CN(C)Cn2nc(N3CCOCC3)n(-c3ccccc3)c2=S)ccc1OC(F)F. The maximum absolute atomic E-state index is 12.6. The summed E-state index contributed by atoms with van der Waals surface area (Å²) in [5.41, 5.74) is 1.82. The molecule has 182 valence electrons. The average molecular weight is 492 g/mol. The molecule has 34 heavy (non-hydrogen) atoms. The second kappa shape index (κ2) is 10.9. The molecule has 3 aromatic rings. The van der Waals surface area contributed by atoms with Crippen molar-refractivity contribution in [2.75, 3.05) is 45.4 Å². The third-order valence-corrected chi connectivity index (χ3v) is 5.80. The number of alkyl halides is 2. The first-order valence-electron chi connectivity index (χ1n) is 10.8. The molecule has 0 saturated carbocycles. The number of aromatic nitrogens is 3. The highest BCUT2D eigenvalue weighted by atomic mass is 32.1. The van der Waals surface area contributed by atoms with Crippen LogP contribution in [0.1, 0.15) is 5.56 Å². The van der Waals surface area contributed by atoms with E-state index in [0.717, 1.165) is 30.3 Å². The Morgan fingerprint density at radius 1 is 1.12 bits per heavy atom. The Bertz CT molecular complexity index is 1150. The minimum absolute atomic E-state index is 0.00267. The fraction of sp³-hybridized carbons (Fsp3) is 0.391. The predicted octanol–water partition coefficient (Wildman–Crippen LogP) is 3.94. The van der Waals surface area contributed by atoms with Gasteiger partial charge in [-0.05, 0) is 49.1 Å². The Kier molecular flexibility index (Phi) is 7.76. The summed E-state index contributed by atoms with van der Waals surface area (Å²) in [5.74, 6) is 1.04. The molecule has 1 fully saturated rings. The van der Waals surface area contributed by atoms with Gasteiger partial charge >= 0.3 is 6.61 Å². The number of nitrogens with zero attached hydrogens (tertiary/aromatic N) is 5. The molecule has 0 radical (unpaired) electrons. The lowest BCUT2D eigenvalue weighted by Gasteiger charge is -2.27. The highest BCUT2D eigenvalue weighted by Crippen LogP contribution is 2.30. The Morgan fingerprint density at radius 3 is 2.53 bits per heavy atom. The highest BCUT2D eigenvalue weighted by molar-refractivity contribution is 7.71. The molecule has 1 aromatic heterocycles.